The first kappa shape index (κ1) is 19.7. The van der Waals surface area contributed by atoms with Gasteiger partial charge in [-0.3, -0.25) is 14.9 Å². The van der Waals surface area contributed by atoms with Crippen molar-refractivity contribution < 1.29 is 14.5 Å². The zero-order chi connectivity index (χ0) is 20.0. The Bertz CT molecular complexity index is 925. The molecule has 0 unspecified atom stereocenters. The predicted octanol–water partition coefficient (Wildman–Crippen LogP) is 4.27. The molecule has 1 amide bonds. The van der Waals surface area contributed by atoms with E-state index < -0.39 is 10.8 Å². The molecular weight excluding hydrogens is 346 g/mol. The molecule has 1 N–H and O–H groups in total. The summed E-state index contributed by atoms with van der Waals surface area (Å²) in [5.74, 6) is -0.0583. The number of nitro groups is 1. The zero-order valence-electron chi connectivity index (χ0n) is 15.2. The van der Waals surface area contributed by atoms with E-state index >= 15 is 0 Å². The minimum atomic E-state index is -0.723. The largest absolute Gasteiger partial charge is 0.496 e. The summed E-state index contributed by atoms with van der Waals surface area (Å²) in [6.07, 6.45) is 1.44. The lowest BCUT2D eigenvalue weighted by Gasteiger charge is -2.07. The average molecular weight is 365 g/mol. The number of amides is 1. The maximum Gasteiger partial charge on any atom is 0.296 e. The summed E-state index contributed by atoms with van der Waals surface area (Å²) in [6.45, 7) is 4.14. The molecule has 0 spiro atoms. The number of hydrogen-bond donors (Lipinski definition) is 1. The SMILES string of the molecule is COc1ccc(NC(=O)C(C#N)=Cc2ccc(C(C)C)cc2)c([N+](=O)[O-])c1. The Hall–Kier alpha value is -3.66. The highest BCUT2D eigenvalue weighted by molar-refractivity contribution is 6.10. The number of ether oxygens (including phenoxy) is 1. The number of methoxy groups -OCH3 is 1. The van der Waals surface area contributed by atoms with Crippen molar-refractivity contribution in [2.75, 3.05) is 12.4 Å². The van der Waals surface area contributed by atoms with Crippen molar-refractivity contribution in [2.24, 2.45) is 0 Å². The molecular formula is C20H19N3O4. The van der Waals surface area contributed by atoms with Crippen molar-refractivity contribution in [1.82, 2.24) is 0 Å². The third-order valence-electron chi connectivity index (χ3n) is 3.93. The fourth-order valence-electron chi connectivity index (χ4n) is 2.38. The number of nitrogens with zero attached hydrogens (tertiary/aromatic N) is 2. The van der Waals surface area contributed by atoms with E-state index in [1.165, 1.54) is 31.4 Å². The van der Waals surface area contributed by atoms with Crippen molar-refractivity contribution in [3.8, 4) is 11.8 Å². The van der Waals surface area contributed by atoms with E-state index in [1.807, 2.05) is 30.3 Å². The Kier molecular flexibility index (Phi) is 6.28. The highest BCUT2D eigenvalue weighted by atomic mass is 16.6. The third-order valence-corrected chi connectivity index (χ3v) is 3.93. The first-order chi connectivity index (χ1) is 12.8. The molecule has 2 aromatic carbocycles. The first-order valence-corrected chi connectivity index (χ1v) is 8.21. The van der Waals surface area contributed by atoms with Crippen LogP contribution in [0.5, 0.6) is 5.75 Å². The number of benzene rings is 2. The molecule has 0 fully saturated rings. The van der Waals surface area contributed by atoms with Gasteiger partial charge in [-0.1, -0.05) is 38.1 Å². The predicted molar refractivity (Wildman–Crippen MR) is 102 cm³/mol. The van der Waals surface area contributed by atoms with E-state index in [4.69, 9.17) is 4.74 Å². The van der Waals surface area contributed by atoms with E-state index in [2.05, 4.69) is 19.2 Å². The van der Waals surface area contributed by atoms with Crippen LogP contribution in [0.4, 0.5) is 11.4 Å². The van der Waals surface area contributed by atoms with Gasteiger partial charge in [-0.25, -0.2) is 0 Å². The van der Waals surface area contributed by atoms with Crippen molar-refractivity contribution in [3.63, 3.8) is 0 Å². The van der Waals surface area contributed by atoms with Gasteiger partial charge in [-0.15, -0.1) is 0 Å². The zero-order valence-corrected chi connectivity index (χ0v) is 15.2. The van der Waals surface area contributed by atoms with Gasteiger partial charge in [0, 0.05) is 0 Å². The Morgan fingerprint density at radius 3 is 2.44 bits per heavy atom. The minimum absolute atomic E-state index is 0.0119. The number of anilines is 1. The van der Waals surface area contributed by atoms with Gasteiger partial charge in [0.15, 0.2) is 0 Å². The van der Waals surface area contributed by atoms with Gasteiger partial charge >= 0.3 is 0 Å². The molecule has 0 aliphatic heterocycles. The van der Waals surface area contributed by atoms with Gasteiger partial charge in [0.05, 0.1) is 18.1 Å². The number of rotatable bonds is 6. The van der Waals surface area contributed by atoms with Crippen LogP contribution in [0.3, 0.4) is 0 Å². The summed E-state index contributed by atoms with van der Waals surface area (Å²) in [7, 11) is 1.39. The lowest BCUT2D eigenvalue weighted by Crippen LogP contribution is -2.14. The topological polar surface area (TPSA) is 105 Å². The second kappa shape index (κ2) is 8.63. The molecule has 0 saturated carbocycles. The average Bonchev–Trinajstić information content (AvgIpc) is 2.66. The molecule has 2 rings (SSSR count). The molecule has 0 bridgehead atoms. The fourth-order valence-corrected chi connectivity index (χ4v) is 2.38. The van der Waals surface area contributed by atoms with Crippen LogP contribution in [0.1, 0.15) is 30.9 Å². The first-order valence-electron chi connectivity index (χ1n) is 8.21. The summed E-state index contributed by atoms with van der Waals surface area (Å²) >= 11 is 0. The highest BCUT2D eigenvalue weighted by Gasteiger charge is 2.19. The number of carbonyl (C=O) groups is 1. The van der Waals surface area contributed by atoms with Crippen LogP contribution < -0.4 is 10.1 Å². The maximum atomic E-state index is 12.4. The summed E-state index contributed by atoms with van der Waals surface area (Å²) < 4.78 is 4.96. The molecule has 7 nitrogen and oxygen atoms in total. The molecule has 0 aliphatic carbocycles. The van der Waals surface area contributed by atoms with Gasteiger partial charge in [-0.2, -0.15) is 5.26 Å². The molecule has 0 heterocycles. The lowest BCUT2D eigenvalue weighted by atomic mass is 10.0. The highest BCUT2D eigenvalue weighted by Crippen LogP contribution is 2.29. The third kappa shape index (κ3) is 4.92. The normalized spacial score (nSPS) is 11.0. The van der Waals surface area contributed by atoms with E-state index in [0.717, 1.165) is 5.56 Å². The number of nitriles is 1. The summed E-state index contributed by atoms with van der Waals surface area (Å²) in [5.41, 5.74) is 1.35. The summed E-state index contributed by atoms with van der Waals surface area (Å²) in [4.78, 5) is 23.0. The summed E-state index contributed by atoms with van der Waals surface area (Å²) in [6, 6.07) is 13.4. The molecule has 2 aromatic rings. The number of nitrogens with one attached hydrogen (secondary N) is 1. The van der Waals surface area contributed by atoms with Crippen molar-refractivity contribution in [1.29, 1.82) is 5.26 Å². The van der Waals surface area contributed by atoms with Crippen molar-refractivity contribution >= 4 is 23.4 Å². The number of hydrogen-bond acceptors (Lipinski definition) is 5. The maximum absolute atomic E-state index is 12.4. The Morgan fingerprint density at radius 1 is 1.26 bits per heavy atom. The standard InChI is InChI=1S/C20H19N3O4/c1-13(2)15-6-4-14(5-7-15)10-16(12-21)20(24)22-18-9-8-17(27-3)11-19(18)23(25)26/h4-11,13H,1-3H3,(H,22,24). The monoisotopic (exact) mass is 365 g/mol. The van der Waals surface area contributed by atoms with Crippen LogP contribution in [0.15, 0.2) is 48.0 Å². The number of nitro benzene ring substituents is 1. The lowest BCUT2D eigenvalue weighted by molar-refractivity contribution is -0.384. The number of carbonyl (C=O) groups excluding carboxylic acids is 1. The van der Waals surface area contributed by atoms with Crippen LogP contribution in [0.2, 0.25) is 0 Å². The van der Waals surface area contributed by atoms with E-state index in [0.29, 0.717) is 17.2 Å². The molecule has 0 radical (unpaired) electrons. The molecule has 0 atom stereocenters. The molecule has 138 valence electrons. The molecule has 7 heteroatoms. The fraction of sp³-hybridized carbons (Fsp3) is 0.200. The Labute approximate surface area is 157 Å². The van der Waals surface area contributed by atoms with E-state index in [1.54, 1.807) is 0 Å². The molecule has 0 saturated heterocycles. The van der Waals surface area contributed by atoms with Crippen LogP contribution in [0, 0.1) is 21.4 Å². The van der Waals surface area contributed by atoms with Gasteiger partial charge in [0.25, 0.3) is 11.6 Å². The van der Waals surface area contributed by atoms with Gasteiger partial charge < -0.3 is 10.1 Å². The van der Waals surface area contributed by atoms with Gasteiger partial charge in [-0.05, 0) is 35.3 Å². The molecule has 0 aliphatic rings. The van der Waals surface area contributed by atoms with E-state index in [-0.39, 0.29) is 16.9 Å². The van der Waals surface area contributed by atoms with Gasteiger partial charge in [0.1, 0.15) is 23.1 Å². The second-order valence-corrected chi connectivity index (χ2v) is 6.09. The summed E-state index contributed by atoms with van der Waals surface area (Å²) in [5, 5.41) is 22.9. The van der Waals surface area contributed by atoms with Crippen LogP contribution >= 0.6 is 0 Å². The minimum Gasteiger partial charge on any atom is -0.496 e. The smallest absolute Gasteiger partial charge is 0.296 e. The van der Waals surface area contributed by atoms with E-state index in [9.17, 15) is 20.2 Å². The van der Waals surface area contributed by atoms with Crippen LogP contribution in [-0.2, 0) is 4.79 Å². The second-order valence-electron chi connectivity index (χ2n) is 6.09. The molecule has 0 aromatic heterocycles. The van der Waals surface area contributed by atoms with Crippen molar-refractivity contribution in [2.45, 2.75) is 19.8 Å². The van der Waals surface area contributed by atoms with Gasteiger partial charge in [0.2, 0.25) is 0 Å². The quantitative estimate of drug-likeness (QED) is 0.356. The van der Waals surface area contributed by atoms with Crippen LogP contribution in [0.25, 0.3) is 6.08 Å². The van der Waals surface area contributed by atoms with Crippen LogP contribution in [-0.4, -0.2) is 17.9 Å². The Morgan fingerprint density at radius 2 is 1.93 bits per heavy atom. The van der Waals surface area contributed by atoms with Crippen molar-refractivity contribution in [3.05, 3.63) is 69.3 Å². The molecule has 27 heavy (non-hydrogen) atoms. The Balaban J connectivity index is 2.27.